The summed E-state index contributed by atoms with van der Waals surface area (Å²) in [5, 5.41) is 8.80. The average Bonchev–Trinajstić information content (AvgIpc) is 3.69. The third-order valence-corrected chi connectivity index (χ3v) is 8.28. The first-order valence-corrected chi connectivity index (χ1v) is 14.9. The first-order chi connectivity index (χ1) is 21.6. The van der Waals surface area contributed by atoms with Crippen LogP contribution in [0, 0.1) is 17.8 Å². The van der Waals surface area contributed by atoms with Gasteiger partial charge in [0.25, 0.3) is 11.8 Å². The number of ether oxygens (including phenoxy) is 2. The molecule has 2 aromatic carbocycles. The Labute approximate surface area is 259 Å². The number of rotatable bonds is 8. The second-order valence-electron chi connectivity index (χ2n) is 11.4. The van der Waals surface area contributed by atoms with Crippen LogP contribution in [-0.2, 0) is 11.3 Å². The molecule has 3 aromatic rings. The van der Waals surface area contributed by atoms with Gasteiger partial charge >= 0.3 is 6.18 Å². The van der Waals surface area contributed by atoms with Crippen molar-refractivity contribution in [1.29, 1.82) is 0 Å². The molecule has 13 heteroatoms. The first kappa shape index (κ1) is 32.1. The second kappa shape index (κ2) is 13.8. The van der Waals surface area contributed by atoms with E-state index in [-0.39, 0.29) is 41.0 Å². The molecule has 2 aliphatic heterocycles. The Morgan fingerprint density at radius 2 is 2.00 bits per heavy atom. The van der Waals surface area contributed by atoms with E-state index in [4.69, 9.17) is 9.47 Å². The van der Waals surface area contributed by atoms with E-state index in [1.165, 1.54) is 20.2 Å². The zero-order valence-electron chi connectivity index (χ0n) is 25.5. The van der Waals surface area contributed by atoms with Gasteiger partial charge in [0.15, 0.2) is 0 Å². The monoisotopic (exact) mass is 626 g/mol. The van der Waals surface area contributed by atoms with E-state index in [0.29, 0.717) is 28.6 Å². The quantitative estimate of drug-likeness (QED) is 0.328. The number of carbonyl (C=O) groups excluding carboxylic acids is 2. The number of alkyl halides is 3. The summed E-state index contributed by atoms with van der Waals surface area (Å²) in [6.45, 7) is 4.12. The largest absolute Gasteiger partial charge is 0.495 e. The van der Waals surface area contributed by atoms with Crippen LogP contribution in [0.3, 0.4) is 0 Å². The van der Waals surface area contributed by atoms with Crippen molar-refractivity contribution in [3.8, 4) is 17.6 Å². The van der Waals surface area contributed by atoms with Crippen LogP contribution in [0.4, 0.5) is 18.9 Å². The van der Waals surface area contributed by atoms with Gasteiger partial charge in [0.05, 0.1) is 43.4 Å². The van der Waals surface area contributed by atoms with Crippen molar-refractivity contribution in [2.75, 3.05) is 52.3 Å². The van der Waals surface area contributed by atoms with E-state index in [9.17, 15) is 22.8 Å². The number of benzene rings is 2. The molecular formula is C32H37F3N6O4. The molecule has 3 heterocycles. The predicted molar refractivity (Wildman–Crippen MR) is 163 cm³/mol. The Hall–Kier alpha value is -4.28. The highest BCUT2D eigenvalue weighted by Gasteiger charge is 2.33. The number of nitrogens with one attached hydrogen (secondary N) is 3. The van der Waals surface area contributed by atoms with Crippen molar-refractivity contribution < 1.29 is 32.2 Å². The molecule has 3 N–H and O–H groups in total. The van der Waals surface area contributed by atoms with Gasteiger partial charge in [-0.1, -0.05) is 18.8 Å². The summed E-state index contributed by atoms with van der Waals surface area (Å²) in [6.07, 6.45) is -1.62. The molecule has 240 valence electrons. The van der Waals surface area contributed by atoms with E-state index in [1.54, 1.807) is 24.3 Å². The number of anilines is 1. The summed E-state index contributed by atoms with van der Waals surface area (Å²) >= 11 is 0. The highest BCUT2D eigenvalue weighted by Crippen LogP contribution is 2.27. The van der Waals surface area contributed by atoms with Crippen molar-refractivity contribution in [3.05, 3.63) is 53.3 Å². The van der Waals surface area contributed by atoms with Crippen molar-refractivity contribution in [2.45, 2.75) is 44.6 Å². The minimum atomic E-state index is -4.47. The number of piperidine rings is 1. The Bertz CT molecular complexity index is 1610. The molecule has 3 atom stereocenters. The molecular weight excluding hydrogens is 589 g/mol. The topological polar surface area (TPSA) is 110 Å². The molecule has 0 bridgehead atoms. The third kappa shape index (κ3) is 7.69. The highest BCUT2D eigenvalue weighted by atomic mass is 19.4. The molecule has 10 nitrogen and oxygen atoms in total. The van der Waals surface area contributed by atoms with Gasteiger partial charge in [-0.15, -0.1) is 0 Å². The van der Waals surface area contributed by atoms with Gasteiger partial charge in [-0.25, -0.2) is 4.98 Å². The summed E-state index contributed by atoms with van der Waals surface area (Å²) < 4.78 is 52.0. The van der Waals surface area contributed by atoms with Gasteiger partial charge in [0.1, 0.15) is 17.8 Å². The number of hydrogen-bond acceptors (Lipinski definition) is 7. The maximum atomic E-state index is 13.6. The van der Waals surface area contributed by atoms with Crippen LogP contribution in [0.15, 0.2) is 36.7 Å². The average molecular weight is 627 g/mol. The Balaban J connectivity index is 1.37. The van der Waals surface area contributed by atoms with Gasteiger partial charge in [0.2, 0.25) is 0 Å². The lowest BCUT2D eigenvalue weighted by atomic mass is 9.92. The standard InChI is InChI=1S/C32H37F3N6O4/c1-20-16-40(23-9-12-45-17-23)11-8-25(20)39-31(43)24-13-21(14-27-29(24)38-19-41(27)18-32(33,34)35)5-4-10-37-26-15-22(30(42)36-2)6-7-28(26)44-3/h6-7,13-15,19-20,23,25,37H,8-12,16-18H2,1-3H3,(H,36,42)(H,39,43)/t20-,23?,25-/m0/s1. The molecule has 5 rings (SSSR count). The fourth-order valence-corrected chi connectivity index (χ4v) is 5.93. The number of amides is 2. The lowest BCUT2D eigenvalue weighted by molar-refractivity contribution is -0.139. The second-order valence-corrected chi connectivity index (χ2v) is 11.4. The Morgan fingerprint density at radius 1 is 1.18 bits per heavy atom. The van der Waals surface area contributed by atoms with E-state index in [0.717, 1.165) is 50.0 Å². The van der Waals surface area contributed by atoms with Gasteiger partial charge < -0.3 is 30.0 Å². The van der Waals surface area contributed by atoms with Crippen LogP contribution in [0.25, 0.3) is 11.0 Å². The Morgan fingerprint density at radius 3 is 2.69 bits per heavy atom. The molecule has 2 aliphatic rings. The van der Waals surface area contributed by atoms with Gasteiger partial charge in [-0.05, 0) is 49.1 Å². The van der Waals surface area contributed by atoms with Crippen LogP contribution < -0.4 is 20.7 Å². The molecule has 0 saturated carbocycles. The number of fused-ring (bicyclic) bond motifs is 1. The molecule has 0 spiro atoms. The van der Waals surface area contributed by atoms with Gasteiger partial charge in [-0.3, -0.25) is 14.5 Å². The molecule has 0 aliphatic carbocycles. The highest BCUT2D eigenvalue weighted by molar-refractivity contribution is 6.05. The molecule has 2 fully saturated rings. The molecule has 1 aromatic heterocycles. The molecule has 0 radical (unpaired) electrons. The number of imidazole rings is 1. The summed E-state index contributed by atoms with van der Waals surface area (Å²) in [4.78, 5) is 32.3. The molecule has 1 unspecified atom stereocenters. The van der Waals surface area contributed by atoms with Gasteiger partial charge in [0, 0.05) is 50.0 Å². The summed E-state index contributed by atoms with van der Waals surface area (Å²) in [6, 6.07) is 8.31. The zero-order valence-corrected chi connectivity index (χ0v) is 25.5. The summed E-state index contributed by atoms with van der Waals surface area (Å²) in [5.74, 6) is 5.95. The maximum absolute atomic E-state index is 13.6. The van der Waals surface area contributed by atoms with E-state index >= 15 is 0 Å². The smallest absolute Gasteiger partial charge is 0.406 e. The number of likely N-dealkylation sites (tertiary alicyclic amines) is 1. The minimum Gasteiger partial charge on any atom is -0.495 e. The van der Waals surface area contributed by atoms with E-state index in [1.807, 2.05) is 0 Å². The summed E-state index contributed by atoms with van der Waals surface area (Å²) in [7, 11) is 3.04. The van der Waals surface area contributed by atoms with E-state index < -0.39 is 18.6 Å². The van der Waals surface area contributed by atoms with Crippen LogP contribution >= 0.6 is 0 Å². The maximum Gasteiger partial charge on any atom is 0.406 e. The van der Waals surface area contributed by atoms with Gasteiger partial charge in [-0.2, -0.15) is 13.2 Å². The number of nitrogens with zero attached hydrogens (tertiary/aromatic N) is 3. The minimum absolute atomic E-state index is 0.0946. The van der Waals surface area contributed by atoms with Crippen LogP contribution in [0.1, 0.15) is 46.0 Å². The fraction of sp³-hybridized carbons (Fsp3) is 0.469. The summed E-state index contributed by atoms with van der Waals surface area (Å²) in [5.41, 5.74) is 1.87. The zero-order chi connectivity index (χ0) is 32.1. The van der Waals surface area contributed by atoms with Crippen LogP contribution in [-0.4, -0.2) is 91.5 Å². The van der Waals surface area contributed by atoms with Crippen molar-refractivity contribution in [3.63, 3.8) is 0 Å². The third-order valence-electron chi connectivity index (χ3n) is 8.28. The molecule has 2 amide bonds. The fourth-order valence-electron chi connectivity index (χ4n) is 5.93. The van der Waals surface area contributed by atoms with Crippen molar-refractivity contribution in [2.24, 2.45) is 5.92 Å². The van der Waals surface area contributed by atoms with Crippen LogP contribution in [0.5, 0.6) is 5.75 Å². The molecule has 45 heavy (non-hydrogen) atoms. The van der Waals surface area contributed by atoms with Crippen molar-refractivity contribution in [1.82, 2.24) is 25.1 Å². The number of methoxy groups -OCH3 is 1. The number of halogens is 3. The Kier molecular flexibility index (Phi) is 9.84. The predicted octanol–water partition coefficient (Wildman–Crippen LogP) is 3.66. The lowest BCUT2D eigenvalue weighted by Crippen LogP contribution is -2.52. The SMILES string of the molecule is CNC(=O)c1ccc(OC)c(NCC#Cc2cc(C(=O)N[C@H]3CCN(C4CCOC4)C[C@@H]3C)c3ncn(CC(F)(F)F)c3c2)c1. The van der Waals surface area contributed by atoms with E-state index in [2.05, 4.69) is 44.6 Å². The lowest BCUT2D eigenvalue weighted by Gasteiger charge is -2.39. The number of hydrogen-bond donors (Lipinski definition) is 3. The molecule has 2 saturated heterocycles. The van der Waals surface area contributed by atoms with Crippen LogP contribution in [0.2, 0.25) is 0 Å². The number of carbonyl (C=O) groups is 2. The number of aromatic nitrogens is 2. The first-order valence-electron chi connectivity index (χ1n) is 14.9. The van der Waals surface area contributed by atoms with Crippen molar-refractivity contribution >= 4 is 28.5 Å². The normalized spacial score (nSPS) is 20.4.